The van der Waals surface area contributed by atoms with Gasteiger partial charge >= 0.3 is 40.5 Å². The van der Waals surface area contributed by atoms with Crippen molar-refractivity contribution in [3.05, 3.63) is 0 Å². The van der Waals surface area contributed by atoms with Crippen molar-refractivity contribution >= 4 is 72.1 Å². The first-order valence-corrected chi connectivity index (χ1v) is 8.60. The van der Waals surface area contributed by atoms with Crippen LogP contribution in [-0.2, 0) is 18.3 Å². The molecule has 0 atom stereocenters. The van der Waals surface area contributed by atoms with Gasteiger partial charge in [-0.25, -0.2) is 16.8 Å². The summed E-state index contributed by atoms with van der Waals surface area (Å²) < 4.78 is 74.3. The Morgan fingerprint density at radius 3 is 0.375 bits per heavy atom. The summed E-state index contributed by atoms with van der Waals surface area (Å²) in [6.45, 7) is 0. The molecular formula is Be4F4O12P4. The van der Waals surface area contributed by atoms with E-state index in [9.17, 15) is 16.8 Å². The van der Waals surface area contributed by atoms with Gasteiger partial charge in [-0.2, -0.15) is 0 Å². The van der Waals surface area contributed by atoms with Crippen molar-refractivity contribution in [3.63, 3.8) is 0 Å². The second-order valence-electron chi connectivity index (χ2n) is 1.72. The average Bonchev–Trinajstić information content (AvgIpc) is 1.62. The van der Waals surface area contributed by atoms with Crippen molar-refractivity contribution in [3.8, 4) is 0 Å². The van der Waals surface area contributed by atoms with Crippen LogP contribution in [0.3, 0.4) is 0 Å². The van der Waals surface area contributed by atoms with Crippen molar-refractivity contribution < 1.29 is 74.2 Å². The van der Waals surface area contributed by atoms with E-state index < -0.39 is 31.6 Å². The first-order valence-electron chi connectivity index (χ1n) is 2.87. The van der Waals surface area contributed by atoms with Gasteiger partial charge in [-0.3, -0.25) is 0 Å². The molecule has 0 heterocycles. The summed E-state index contributed by atoms with van der Waals surface area (Å²) in [7, 11) is -22.6. The standard InChI is InChI=1S/4Be.4FH2O3P/c;;;;4*1-5(2,3)4/h;;;;4*(H2,2,3,4)/q4*+2;;;;/p-8. The zero-order valence-electron chi connectivity index (χ0n) is 11.0. The Morgan fingerprint density at radius 1 is 0.375 bits per heavy atom. The molecule has 0 aromatic carbocycles. The molecule has 0 fully saturated rings. The van der Waals surface area contributed by atoms with Crippen LogP contribution in [0.25, 0.3) is 0 Å². The molecule has 0 saturated carbocycles. The van der Waals surface area contributed by atoms with Crippen LogP contribution in [0, 0.1) is 0 Å². The van der Waals surface area contributed by atoms with E-state index in [4.69, 9.17) is 57.4 Å². The van der Waals surface area contributed by atoms with Crippen molar-refractivity contribution in [1.82, 2.24) is 0 Å². The van der Waals surface area contributed by atoms with Gasteiger partial charge in [0, 0.05) is 0 Å². The van der Waals surface area contributed by atoms with Gasteiger partial charge in [0.2, 0.25) is 0 Å². The summed E-state index contributed by atoms with van der Waals surface area (Å²) in [5.74, 6) is 0. The minimum absolute atomic E-state index is 0. The van der Waals surface area contributed by atoms with E-state index >= 15 is 0 Å². The molecule has 0 N–H and O–H groups in total. The maximum atomic E-state index is 10.1. The molecule has 128 valence electrons. The maximum Gasteiger partial charge on any atom is 2.00 e. The van der Waals surface area contributed by atoms with E-state index in [0.717, 1.165) is 0 Å². The Labute approximate surface area is 147 Å². The van der Waals surface area contributed by atoms with Crippen LogP contribution in [0.4, 0.5) is 16.8 Å². The van der Waals surface area contributed by atoms with Gasteiger partial charge in [-0.05, 0) is 0 Å². The number of hydrogen-bond acceptors (Lipinski definition) is 12. The van der Waals surface area contributed by atoms with Gasteiger partial charge in [0.05, 0.1) is 0 Å². The van der Waals surface area contributed by atoms with Gasteiger partial charge in [0.1, 0.15) is 31.6 Å². The van der Waals surface area contributed by atoms with Crippen LogP contribution < -0.4 is 39.1 Å². The molecule has 0 aliphatic carbocycles. The smallest absolute Gasteiger partial charge is 0.786 e. The number of halogens is 4. The van der Waals surface area contributed by atoms with Crippen molar-refractivity contribution in [1.29, 1.82) is 0 Å². The molecule has 0 aromatic rings. The second-order valence-corrected chi connectivity index (χ2v) is 5.17. The predicted octanol–water partition coefficient (Wildman–Crippen LogP) is -6.38. The summed E-state index contributed by atoms with van der Waals surface area (Å²) in [5, 5.41) is 0. The van der Waals surface area contributed by atoms with Crippen LogP contribution in [0.2, 0.25) is 0 Å². The van der Waals surface area contributed by atoms with E-state index in [2.05, 4.69) is 0 Å². The van der Waals surface area contributed by atoms with E-state index in [0.29, 0.717) is 0 Å². The van der Waals surface area contributed by atoms with E-state index in [1.807, 2.05) is 0 Å². The Kier molecular flexibility index (Phi) is 42.2. The minimum atomic E-state index is -5.64. The molecule has 24 heavy (non-hydrogen) atoms. The van der Waals surface area contributed by atoms with Crippen molar-refractivity contribution in [2.45, 2.75) is 0 Å². The van der Waals surface area contributed by atoms with Crippen molar-refractivity contribution in [2.75, 3.05) is 0 Å². The summed E-state index contributed by atoms with van der Waals surface area (Å²) >= 11 is 0. The van der Waals surface area contributed by atoms with Crippen LogP contribution in [0.1, 0.15) is 0 Å². The summed E-state index contributed by atoms with van der Waals surface area (Å²) in [6, 6.07) is 0. The molecule has 0 unspecified atom stereocenters. The predicted molar refractivity (Wildman–Crippen MR) is 57.9 cm³/mol. The molecule has 0 amide bonds. The van der Waals surface area contributed by atoms with E-state index in [1.54, 1.807) is 0 Å². The Balaban J connectivity index is -0.0000000225. The van der Waals surface area contributed by atoms with Gasteiger partial charge < -0.3 is 57.4 Å². The number of rotatable bonds is 0. The van der Waals surface area contributed by atoms with Crippen LogP contribution in [0.5, 0.6) is 0 Å². The van der Waals surface area contributed by atoms with Gasteiger partial charge in [-0.15, -0.1) is 0 Å². The molecule has 0 spiro atoms. The molecular weight excluding hydrogens is 428 g/mol. The molecule has 0 aliphatic rings. The molecule has 0 aliphatic heterocycles. The normalized spacial score (nSPS) is 9.83. The fourth-order valence-electron chi connectivity index (χ4n) is 0. The topological polar surface area (TPSA) is 253 Å². The molecule has 24 heteroatoms. The SMILES string of the molecule is O=P([O-])([O-])F.O=P([O-])([O-])F.O=P([O-])([O-])F.O=P([O-])([O-])F.[Be+2].[Be+2].[Be+2].[Be+2]. The maximum absolute atomic E-state index is 10.1. The zero-order valence-corrected chi connectivity index (χ0v) is 14.6. The average molecular weight is 428 g/mol. The summed E-state index contributed by atoms with van der Waals surface area (Å²) in [6.07, 6.45) is 0. The van der Waals surface area contributed by atoms with Crippen LogP contribution in [-0.4, -0.2) is 40.5 Å². The largest absolute Gasteiger partial charge is 2.00 e. The first kappa shape index (κ1) is 49.8. The van der Waals surface area contributed by atoms with Crippen LogP contribution >= 0.6 is 31.6 Å². The molecule has 0 aromatic heterocycles. The fourth-order valence-corrected chi connectivity index (χ4v) is 0. The molecule has 12 nitrogen and oxygen atoms in total. The molecule has 0 rings (SSSR count). The van der Waals surface area contributed by atoms with Gasteiger partial charge in [0.15, 0.2) is 0 Å². The van der Waals surface area contributed by atoms with Crippen LogP contribution in [0.15, 0.2) is 0 Å². The quantitative estimate of drug-likeness (QED) is 0.198. The van der Waals surface area contributed by atoms with Crippen molar-refractivity contribution in [2.24, 2.45) is 0 Å². The Bertz CT molecular complexity index is 308. The summed E-state index contributed by atoms with van der Waals surface area (Å²) in [5.41, 5.74) is 0. The third-order valence-electron chi connectivity index (χ3n) is 0. The molecule has 0 radical (unpaired) electrons. The minimum Gasteiger partial charge on any atom is -0.786 e. The number of hydrogen-bond donors (Lipinski definition) is 0. The van der Waals surface area contributed by atoms with E-state index in [-0.39, 0.29) is 40.5 Å². The summed E-state index contributed by atoms with van der Waals surface area (Å²) in [4.78, 5) is 67.5. The van der Waals surface area contributed by atoms with Gasteiger partial charge in [0.25, 0.3) is 0 Å². The Morgan fingerprint density at radius 2 is 0.375 bits per heavy atom. The fraction of sp³-hybridized carbons (Fsp3) is 0. The first-order chi connectivity index (χ1) is 8.00. The third-order valence-corrected chi connectivity index (χ3v) is 0. The van der Waals surface area contributed by atoms with E-state index in [1.165, 1.54) is 0 Å². The third kappa shape index (κ3) is 11200. The zero-order chi connectivity index (χ0) is 18.0. The Hall–Kier alpha value is 0.995. The monoisotopic (exact) mass is 428 g/mol. The molecule has 0 saturated heterocycles. The second kappa shape index (κ2) is 20.3. The van der Waals surface area contributed by atoms with Gasteiger partial charge in [-0.1, -0.05) is 0 Å². The molecule has 0 bridgehead atoms.